The maximum atomic E-state index is 13.1. The highest BCUT2D eigenvalue weighted by Crippen LogP contribution is 2.28. The van der Waals surface area contributed by atoms with Crippen molar-refractivity contribution in [3.63, 3.8) is 0 Å². The van der Waals surface area contributed by atoms with Crippen LogP contribution in [0.25, 0.3) is 0 Å². The molecule has 2 aromatic rings. The maximum Gasteiger partial charge on any atom is 0.227 e. The zero-order chi connectivity index (χ0) is 17.8. The molecule has 1 fully saturated rings. The molecule has 0 saturated carbocycles. The van der Waals surface area contributed by atoms with E-state index in [1.807, 2.05) is 66.4 Å². The molecular formula is C21H26Cl2N2O. The second-order valence-corrected chi connectivity index (χ2v) is 7.26. The van der Waals surface area contributed by atoms with E-state index in [0.29, 0.717) is 0 Å². The number of nitrogens with two attached hydrogens (primary N) is 1. The molecule has 1 amide bonds. The largest absolute Gasteiger partial charge is 0.339 e. The molecule has 1 aliphatic rings. The monoisotopic (exact) mass is 392 g/mol. The normalized spacial score (nSPS) is 18.9. The molecule has 140 valence electrons. The summed E-state index contributed by atoms with van der Waals surface area (Å²) in [6.45, 7) is 2.74. The zero-order valence-electron chi connectivity index (χ0n) is 15.0. The van der Waals surface area contributed by atoms with Crippen LogP contribution in [-0.4, -0.2) is 23.4 Å². The lowest BCUT2D eigenvalue weighted by Crippen LogP contribution is -2.42. The van der Waals surface area contributed by atoms with Gasteiger partial charge in [0.15, 0.2) is 0 Å². The molecule has 0 aromatic heterocycles. The first-order valence-corrected chi connectivity index (χ1v) is 9.30. The van der Waals surface area contributed by atoms with Gasteiger partial charge in [-0.1, -0.05) is 67.1 Å². The molecular weight excluding hydrogens is 367 g/mol. The van der Waals surface area contributed by atoms with Crippen molar-refractivity contribution in [2.45, 2.75) is 38.3 Å². The molecule has 0 radical (unpaired) electrons. The first-order valence-electron chi connectivity index (χ1n) is 8.92. The lowest BCUT2D eigenvalue weighted by atomic mass is 9.93. The molecule has 3 unspecified atom stereocenters. The molecule has 3 nitrogen and oxygen atoms in total. The standard InChI is InChI=1S/C21H25ClN2O.ClH/c1-15(20(23)16-8-3-2-4-9-16)21(25)24-13-7-11-18(24)14-17-10-5-6-12-19(17)22;/h2-6,8-10,12,15,18,20H,7,11,13-14,23H2,1H3;1H. The molecule has 3 rings (SSSR count). The summed E-state index contributed by atoms with van der Waals surface area (Å²) >= 11 is 6.30. The van der Waals surface area contributed by atoms with Gasteiger partial charge in [-0.3, -0.25) is 4.79 Å². The lowest BCUT2D eigenvalue weighted by Gasteiger charge is -2.30. The van der Waals surface area contributed by atoms with Gasteiger partial charge in [-0.25, -0.2) is 0 Å². The van der Waals surface area contributed by atoms with Gasteiger partial charge in [-0.15, -0.1) is 12.4 Å². The highest BCUT2D eigenvalue weighted by Gasteiger charge is 2.34. The van der Waals surface area contributed by atoms with Crippen molar-refractivity contribution in [3.05, 3.63) is 70.7 Å². The van der Waals surface area contributed by atoms with Crippen molar-refractivity contribution in [1.29, 1.82) is 0 Å². The maximum absolute atomic E-state index is 13.1. The topological polar surface area (TPSA) is 46.3 Å². The smallest absolute Gasteiger partial charge is 0.227 e. The number of benzene rings is 2. The van der Waals surface area contributed by atoms with Crippen molar-refractivity contribution in [3.8, 4) is 0 Å². The van der Waals surface area contributed by atoms with E-state index in [1.165, 1.54) is 0 Å². The van der Waals surface area contributed by atoms with Crippen molar-refractivity contribution >= 4 is 29.9 Å². The summed E-state index contributed by atoms with van der Waals surface area (Å²) in [4.78, 5) is 15.1. The minimum absolute atomic E-state index is 0. The third kappa shape index (κ3) is 4.59. The Hall–Kier alpha value is -1.55. The van der Waals surface area contributed by atoms with Crippen LogP contribution in [-0.2, 0) is 11.2 Å². The van der Waals surface area contributed by atoms with Gasteiger partial charge in [-0.2, -0.15) is 0 Å². The van der Waals surface area contributed by atoms with E-state index in [-0.39, 0.29) is 36.3 Å². The van der Waals surface area contributed by atoms with Crippen LogP contribution in [0.3, 0.4) is 0 Å². The highest BCUT2D eigenvalue weighted by molar-refractivity contribution is 6.31. The van der Waals surface area contributed by atoms with E-state index >= 15 is 0 Å². The Morgan fingerprint density at radius 2 is 1.85 bits per heavy atom. The van der Waals surface area contributed by atoms with Crippen LogP contribution >= 0.6 is 24.0 Å². The van der Waals surface area contributed by atoms with Gasteiger partial charge in [0.2, 0.25) is 5.91 Å². The fraction of sp³-hybridized carbons (Fsp3) is 0.381. The molecule has 2 N–H and O–H groups in total. The summed E-state index contributed by atoms with van der Waals surface area (Å²) in [5.74, 6) is -0.0971. The number of carbonyl (C=O) groups is 1. The Balaban J connectivity index is 0.00000243. The Morgan fingerprint density at radius 3 is 2.54 bits per heavy atom. The molecule has 2 aromatic carbocycles. The predicted octanol–water partition coefficient (Wildman–Crippen LogP) is 4.63. The summed E-state index contributed by atoms with van der Waals surface area (Å²) in [6.07, 6.45) is 2.86. The first kappa shape index (κ1) is 20.8. The van der Waals surface area contributed by atoms with Crippen LogP contribution in [0.2, 0.25) is 5.02 Å². The Kier molecular flexibility index (Phi) is 7.51. The van der Waals surface area contributed by atoms with E-state index in [4.69, 9.17) is 17.3 Å². The average Bonchev–Trinajstić information content (AvgIpc) is 3.10. The van der Waals surface area contributed by atoms with Crippen LogP contribution in [0.5, 0.6) is 0 Å². The van der Waals surface area contributed by atoms with E-state index in [2.05, 4.69) is 0 Å². The van der Waals surface area contributed by atoms with E-state index in [1.54, 1.807) is 0 Å². The number of rotatable bonds is 5. The van der Waals surface area contributed by atoms with Crippen LogP contribution in [0, 0.1) is 5.92 Å². The van der Waals surface area contributed by atoms with Gasteiger partial charge in [0.1, 0.15) is 0 Å². The third-order valence-electron chi connectivity index (χ3n) is 5.19. The Morgan fingerprint density at radius 1 is 1.19 bits per heavy atom. The van der Waals surface area contributed by atoms with Crippen molar-refractivity contribution in [2.75, 3.05) is 6.54 Å². The van der Waals surface area contributed by atoms with Gasteiger partial charge in [0, 0.05) is 23.7 Å². The Bertz CT molecular complexity index is 723. The molecule has 0 aliphatic carbocycles. The van der Waals surface area contributed by atoms with E-state index < -0.39 is 0 Å². The molecule has 1 saturated heterocycles. The van der Waals surface area contributed by atoms with E-state index in [9.17, 15) is 4.79 Å². The van der Waals surface area contributed by atoms with Gasteiger partial charge >= 0.3 is 0 Å². The summed E-state index contributed by atoms with van der Waals surface area (Å²) in [7, 11) is 0. The van der Waals surface area contributed by atoms with Gasteiger partial charge in [-0.05, 0) is 36.5 Å². The molecule has 0 spiro atoms. The van der Waals surface area contributed by atoms with Gasteiger partial charge in [0.25, 0.3) is 0 Å². The quantitative estimate of drug-likeness (QED) is 0.805. The molecule has 26 heavy (non-hydrogen) atoms. The average molecular weight is 393 g/mol. The summed E-state index contributed by atoms with van der Waals surface area (Å²) in [5.41, 5.74) is 8.47. The van der Waals surface area contributed by atoms with Crippen molar-refractivity contribution in [2.24, 2.45) is 11.7 Å². The second kappa shape index (κ2) is 9.40. The molecule has 3 atom stereocenters. The number of hydrogen-bond donors (Lipinski definition) is 1. The van der Waals surface area contributed by atoms with Crippen LogP contribution in [0.4, 0.5) is 0 Å². The number of halogens is 2. The number of carbonyl (C=O) groups excluding carboxylic acids is 1. The predicted molar refractivity (Wildman–Crippen MR) is 110 cm³/mol. The minimum atomic E-state index is -0.282. The second-order valence-electron chi connectivity index (χ2n) is 6.85. The molecule has 1 heterocycles. The first-order chi connectivity index (χ1) is 12.1. The van der Waals surface area contributed by atoms with Crippen LogP contribution in [0.15, 0.2) is 54.6 Å². The van der Waals surface area contributed by atoms with Crippen molar-refractivity contribution in [1.82, 2.24) is 4.90 Å². The number of amides is 1. The zero-order valence-corrected chi connectivity index (χ0v) is 16.5. The molecule has 0 bridgehead atoms. The molecule has 5 heteroatoms. The number of nitrogens with zero attached hydrogens (tertiary/aromatic N) is 1. The fourth-order valence-corrected chi connectivity index (χ4v) is 3.85. The third-order valence-corrected chi connectivity index (χ3v) is 5.55. The summed E-state index contributed by atoms with van der Waals surface area (Å²) in [5, 5.41) is 0.774. The lowest BCUT2D eigenvalue weighted by molar-refractivity contribution is -0.136. The molecule has 1 aliphatic heterocycles. The summed E-state index contributed by atoms with van der Waals surface area (Å²) in [6, 6.07) is 17.7. The van der Waals surface area contributed by atoms with Gasteiger partial charge < -0.3 is 10.6 Å². The number of hydrogen-bond acceptors (Lipinski definition) is 2. The SMILES string of the molecule is CC(C(=O)N1CCCC1Cc1ccccc1Cl)C(N)c1ccccc1.Cl. The van der Waals surface area contributed by atoms with Crippen LogP contribution in [0.1, 0.15) is 36.9 Å². The van der Waals surface area contributed by atoms with E-state index in [0.717, 1.165) is 42.0 Å². The highest BCUT2D eigenvalue weighted by atomic mass is 35.5. The van der Waals surface area contributed by atoms with Crippen LogP contribution < -0.4 is 5.73 Å². The number of likely N-dealkylation sites (tertiary alicyclic amines) is 1. The Labute approximate surface area is 166 Å². The van der Waals surface area contributed by atoms with Crippen molar-refractivity contribution < 1.29 is 4.79 Å². The summed E-state index contributed by atoms with van der Waals surface area (Å²) < 4.78 is 0. The van der Waals surface area contributed by atoms with Gasteiger partial charge in [0.05, 0.1) is 5.92 Å². The fourth-order valence-electron chi connectivity index (χ4n) is 3.63. The minimum Gasteiger partial charge on any atom is -0.339 e.